The van der Waals surface area contributed by atoms with Crippen LogP contribution >= 0.6 is 23.1 Å². The summed E-state index contributed by atoms with van der Waals surface area (Å²) in [5.41, 5.74) is 0.961. The first-order valence-corrected chi connectivity index (χ1v) is 7.12. The van der Waals surface area contributed by atoms with E-state index >= 15 is 0 Å². The summed E-state index contributed by atoms with van der Waals surface area (Å²) in [6.07, 6.45) is -0.485. The summed E-state index contributed by atoms with van der Waals surface area (Å²) in [6, 6.07) is 12.1. The molecule has 84 valence electrons. The molecule has 0 spiro atoms. The molecule has 0 aliphatic rings. The molecule has 1 aromatic carbocycles. The van der Waals surface area contributed by atoms with E-state index in [9.17, 15) is 5.11 Å². The van der Waals surface area contributed by atoms with Gasteiger partial charge in [0, 0.05) is 9.77 Å². The number of hydrogen-bond donors (Lipinski definition) is 1. The second-order valence-electron chi connectivity index (χ2n) is 3.42. The van der Waals surface area contributed by atoms with Crippen LogP contribution in [-0.4, -0.2) is 10.9 Å². The fraction of sp³-hybridized carbons (Fsp3) is 0.231. The predicted octanol–water partition coefficient (Wildman–Crippen LogP) is 3.94. The molecule has 1 atom stereocenters. The van der Waals surface area contributed by atoms with Gasteiger partial charge in [0.2, 0.25) is 0 Å². The van der Waals surface area contributed by atoms with Gasteiger partial charge >= 0.3 is 0 Å². The average molecular weight is 250 g/mol. The summed E-state index contributed by atoms with van der Waals surface area (Å²) in [5, 5.41) is 12.1. The number of thiophene rings is 1. The Labute approximate surface area is 104 Å². The molecule has 1 heterocycles. The third-order valence-electron chi connectivity index (χ3n) is 2.32. The number of rotatable bonds is 4. The Hall–Kier alpha value is -0.770. The van der Waals surface area contributed by atoms with Crippen molar-refractivity contribution in [1.29, 1.82) is 0 Å². The van der Waals surface area contributed by atoms with Crippen LogP contribution in [0.1, 0.15) is 23.5 Å². The van der Waals surface area contributed by atoms with Crippen molar-refractivity contribution in [2.24, 2.45) is 0 Å². The zero-order chi connectivity index (χ0) is 11.4. The summed E-state index contributed by atoms with van der Waals surface area (Å²) in [4.78, 5) is 2.25. The molecule has 2 aromatic rings. The maximum atomic E-state index is 10.1. The fourth-order valence-corrected chi connectivity index (χ4v) is 2.92. The molecule has 0 saturated heterocycles. The topological polar surface area (TPSA) is 20.2 Å². The van der Waals surface area contributed by atoms with E-state index in [-0.39, 0.29) is 0 Å². The van der Waals surface area contributed by atoms with Crippen molar-refractivity contribution in [2.75, 3.05) is 5.75 Å². The number of hydrogen-bond acceptors (Lipinski definition) is 3. The summed E-state index contributed by atoms with van der Waals surface area (Å²) >= 11 is 3.40. The van der Waals surface area contributed by atoms with Crippen molar-refractivity contribution in [2.45, 2.75) is 17.9 Å². The van der Waals surface area contributed by atoms with Crippen LogP contribution in [0.25, 0.3) is 0 Å². The minimum Gasteiger partial charge on any atom is -0.383 e. The Morgan fingerprint density at radius 1 is 1.25 bits per heavy atom. The first-order chi connectivity index (χ1) is 7.81. The lowest BCUT2D eigenvalue weighted by Crippen LogP contribution is -1.96. The maximum Gasteiger partial charge on any atom is 0.113 e. The molecule has 0 amide bonds. The van der Waals surface area contributed by atoms with E-state index in [1.54, 1.807) is 11.3 Å². The average Bonchev–Trinajstić information content (AvgIpc) is 2.83. The van der Waals surface area contributed by atoms with Gasteiger partial charge < -0.3 is 5.11 Å². The van der Waals surface area contributed by atoms with Crippen LogP contribution in [-0.2, 0) is 0 Å². The van der Waals surface area contributed by atoms with Gasteiger partial charge in [-0.2, -0.15) is 0 Å². The van der Waals surface area contributed by atoms with Gasteiger partial charge in [0.15, 0.2) is 0 Å². The standard InChI is InChI=1S/C13H14OS2/c1-2-15-11-7-5-10(6-8-11)13(14)12-4-3-9-16-12/h3-9,13-14H,2H2,1H3/t13-/m0/s1. The third kappa shape index (κ3) is 2.67. The Bertz CT molecular complexity index is 420. The number of aliphatic hydroxyl groups is 1. The van der Waals surface area contributed by atoms with Gasteiger partial charge in [-0.05, 0) is 34.9 Å². The van der Waals surface area contributed by atoms with Gasteiger partial charge in [-0.1, -0.05) is 25.1 Å². The van der Waals surface area contributed by atoms with E-state index in [1.165, 1.54) is 4.90 Å². The monoisotopic (exact) mass is 250 g/mol. The lowest BCUT2D eigenvalue weighted by Gasteiger charge is -2.09. The lowest BCUT2D eigenvalue weighted by molar-refractivity contribution is 0.224. The van der Waals surface area contributed by atoms with Crippen molar-refractivity contribution in [3.8, 4) is 0 Å². The molecule has 3 heteroatoms. The van der Waals surface area contributed by atoms with Crippen molar-refractivity contribution >= 4 is 23.1 Å². The second kappa shape index (κ2) is 5.53. The number of benzene rings is 1. The largest absolute Gasteiger partial charge is 0.383 e. The number of aliphatic hydroxyl groups excluding tert-OH is 1. The van der Waals surface area contributed by atoms with Crippen LogP contribution < -0.4 is 0 Å². The molecule has 0 fully saturated rings. The smallest absolute Gasteiger partial charge is 0.113 e. The predicted molar refractivity (Wildman–Crippen MR) is 71.2 cm³/mol. The second-order valence-corrected chi connectivity index (χ2v) is 5.74. The number of thioether (sulfide) groups is 1. The van der Waals surface area contributed by atoms with Crippen molar-refractivity contribution in [3.05, 3.63) is 52.2 Å². The van der Waals surface area contributed by atoms with Gasteiger partial charge in [-0.15, -0.1) is 23.1 Å². The zero-order valence-corrected chi connectivity index (χ0v) is 10.7. The highest BCUT2D eigenvalue weighted by Crippen LogP contribution is 2.27. The molecular formula is C13H14OS2. The SMILES string of the molecule is CCSc1ccc([C@H](O)c2cccs2)cc1. The first kappa shape index (κ1) is 11.7. The molecule has 0 unspecified atom stereocenters. The molecule has 1 N–H and O–H groups in total. The quantitative estimate of drug-likeness (QED) is 0.829. The summed E-state index contributed by atoms with van der Waals surface area (Å²) < 4.78 is 0. The minimum absolute atomic E-state index is 0.485. The molecule has 0 radical (unpaired) electrons. The Morgan fingerprint density at radius 2 is 2.00 bits per heavy atom. The highest BCUT2D eigenvalue weighted by atomic mass is 32.2. The highest BCUT2D eigenvalue weighted by Gasteiger charge is 2.10. The van der Waals surface area contributed by atoms with Crippen molar-refractivity contribution in [1.82, 2.24) is 0 Å². The van der Waals surface area contributed by atoms with Gasteiger partial charge in [-0.3, -0.25) is 0 Å². The van der Waals surface area contributed by atoms with Crippen LogP contribution in [0.15, 0.2) is 46.7 Å². The van der Waals surface area contributed by atoms with Crippen LogP contribution in [0.3, 0.4) is 0 Å². The Balaban J connectivity index is 2.15. The highest BCUT2D eigenvalue weighted by molar-refractivity contribution is 7.99. The molecule has 0 saturated carbocycles. The van der Waals surface area contributed by atoms with E-state index in [0.29, 0.717) is 0 Å². The summed E-state index contributed by atoms with van der Waals surface area (Å²) in [6.45, 7) is 2.14. The van der Waals surface area contributed by atoms with Gasteiger partial charge in [-0.25, -0.2) is 0 Å². The van der Waals surface area contributed by atoms with Crippen LogP contribution in [0.2, 0.25) is 0 Å². The van der Waals surface area contributed by atoms with Crippen LogP contribution in [0.4, 0.5) is 0 Å². The molecular weight excluding hydrogens is 236 g/mol. The van der Waals surface area contributed by atoms with Gasteiger partial charge in [0.25, 0.3) is 0 Å². The summed E-state index contributed by atoms with van der Waals surface area (Å²) in [5.74, 6) is 1.08. The van der Waals surface area contributed by atoms with E-state index in [1.807, 2.05) is 41.4 Å². The third-order valence-corrected chi connectivity index (χ3v) is 4.14. The molecule has 1 nitrogen and oxygen atoms in total. The minimum atomic E-state index is -0.485. The van der Waals surface area contributed by atoms with E-state index in [0.717, 1.165) is 16.2 Å². The molecule has 0 bridgehead atoms. The Kier molecular flexibility index (Phi) is 4.04. The molecule has 2 rings (SSSR count). The molecule has 0 aliphatic carbocycles. The van der Waals surface area contributed by atoms with Crippen LogP contribution in [0.5, 0.6) is 0 Å². The summed E-state index contributed by atoms with van der Waals surface area (Å²) in [7, 11) is 0. The van der Waals surface area contributed by atoms with Crippen molar-refractivity contribution < 1.29 is 5.11 Å². The Morgan fingerprint density at radius 3 is 2.56 bits per heavy atom. The van der Waals surface area contributed by atoms with Crippen LogP contribution in [0, 0.1) is 0 Å². The van der Waals surface area contributed by atoms with Gasteiger partial charge in [0.1, 0.15) is 6.10 Å². The molecule has 16 heavy (non-hydrogen) atoms. The molecule has 0 aliphatic heterocycles. The maximum absolute atomic E-state index is 10.1. The van der Waals surface area contributed by atoms with Gasteiger partial charge in [0.05, 0.1) is 0 Å². The first-order valence-electron chi connectivity index (χ1n) is 5.25. The fourth-order valence-electron chi connectivity index (χ4n) is 1.52. The normalized spacial score (nSPS) is 12.6. The van der Waals surface area contributed by atoms with E-state index in [2.05, 4.69) is 19.1 Å². The zero-order valence-electron chi connectivity index (χ0n) is 9.09. The van der Waals surface area contributed by atoms with E-state index in [4.69, 9.17) is 0 Å². The lowest BCUT2D eigenvalue weighted by atomic mass is 10.1. The van der Waals surface area contributed by atoms with Crippen molar-refractivity contribution in [3.63, 3.8) is 0 Å². The van der Waals surface area contributed by atoms with E-state index < -0.39 is 6.10 Å². The molecule has 1 aromatic heterocycles.